The van der Waals surface area contributed by atoms with E-state index in [0.717, 1.165) is 57.8 Å². The number of ether oxygens (including phenoxy) is 3. The fraction of sp³-hybridized carbons (Fsp3) is 0.762. The first kappa shape index (κ1) is 63.9. The second kappa shape index (κ2) is 51.2. The standard InChI is InChI=1S/C63H108O6/c1-4-7-10-13-16-19-22-25-28-31-34-37-40-43-46-49-54-67-61(64)58-52-53-59(62(65)68-55-50-47-44-41-38-35-32-29-26-23-20-17-14-11-8-5-2)60(57-58)63(66)69-56-51-48-45-42-39-36-33-30-27-24-21-18-15-12-9-6-3/h19-24,52-53,57H,4-18,25-51,54-56H2,1-3H3/b22-19+,23-20+,24-21+. The Bertz CT molecular complexity index is 1410. The van der Waals surface area contributed by atoms with E-state index in [1.165, 1.54) is 224 Å². The van der Waals surface area contributed by atoms with Gasteiger partial charge in [0.2, 0.25) is 0 Å². The van der Waals surface area contributed by atoms with Crippen molar-refractivity contribution in [3.63, 3.8) is 0 Å². The molecule has 0 saturated carbocycles. The van der Waals surface area contributed by atoms with Gasteiger partial charge in [-0.2, -0.15) is 0 Å². The summed E-state index contributed by atoms with van der Waals surface area (Å²) in [5.41, 5.74) is 0.457. The van der Waals surface area contributed by atoms with Crippen molar-refractivity contribution < 1.29 is 28.6 Å². The van der Waals surface area contributed by atoms with Crippen LogP contribution in [0.5, 0.6) is 0 Å². The molecular formula is C63H108O6. The van der Waals surface area contributed by atoms with Crippen molar-refractivity contribution in [2.24, 2.45) is 0 Å². The minimum absolute atomic E-state index is 0.0710. The lowest BCUT2D eigenvalue weighted by atomic mass is 10.0. The Morgan fingerprint density at radius 1 is 0.304 bits per heavy atom. The molecule has 0 aliphatic heterocycles. The van der Waals surface area contributed by atoms with Crippen molar-refractivity contribution in [3.05, 3.63) is 71.3 Å². The summed E-state index contributed by atoms with van der Waals surface area (Å²) in [4.78, 5) is 39.9. The van der Waals surface area contributed by atoms with Gasteiger partial charge >= 0.3 is 17.9 Å². The number of esters is 3. The third kappa shape index (κ3) is 41.2. The van der Waals surface area contributed by atoms with Crippen LogP contribution in [-0.2, 0) is 14.2 Å². The summed E-state index contributed by atoms with van der Waals surface area (Å²) in [6.07, 6.45) is 65.0. The summed E-state index contributed by atoms with van der Waals surface area (Å²) in [5, 5.41) is 0. The highest BCUT2D eigenvalue weighted by atomic mass is 16.5. The monoisotopic (exact) mass is 961 g/mol. The SMILES string of the molecule is CCCCCC/C=C/CCCCCCCCCCOC(=O)c1ccc(C(=O)OCCCCCCCCCC/C=C/CCCCCC)c(C(=O)OCCCCCCCCCC/C=C/CCCCCC)c1. The Morgan fingerprint density at radius 2 is 0.551 bits per heavy atom. The van der Waals surface area contributed by atoms with Gasteiger partial charge in [0.25, 0.3) is 0 Å². The highest BCUT2D eigenvalue weighted by molar-refractivity contribution is 6.05. The van der Waals surface area contributed by atoms with E-state index in [1.54, 1.807) is 6.07 Å². The zero-order valence-electron chi connectivity index (χ0n) is 45.5. The molecule has 1 aromatic carbocycles. The number of carbonyl (C=O) groups is 3. The first-order valence-electron chi connectivity index (χ1n) is 29.6. The van der Waals surface area contributed by atoms with Crippen molar-refractivity contribution in [2.45, 2.75) is 290 Å². The van der Waals surface area contributed by atoms with Gasteiger partial charge in [-0.3, -0.25) is 0 Å². The van der Waals surface area contributed by atoms with E-state index in [4.69, 9.17) is 14.2 Å². The lowest BCUT2D eigenvalue weighted by molar-refractivity contribution is 0.0447. The molecule has 0 atom stereocenters. The molecule has 0 N–H and O–H groups in total. The average molecular weight is 962 g/mol. The molecule has 69 heavy (non-hydrogen) atoms. The molecule has 1 rings (SSSR count). The van der Waals surface area contributed by atoms with Gasteiger partial charge < -0.3 is 14.2 Å². The molecule has 0 heterocycles. The minimum atomic E-state index is -0.598. The van der Waals surface area contributed by atoms with E-state index in [0.29, 0.717) is 13.2 Å². The summed E-state index contributed by atoms with van der Waals surface area (Å²) in [5.74, 6) is -1.64. The van der Waals surface area contributed by atoms with Gasteiger partial charge in [0.1, 0.15) is 0 Å². The van der Waals surface area contributed by atoms with Crippen LogP contribution in [0.2, 0.25) is 0 Å². The third-order valence-electron chi connectivity index (χ3n) is 13.4. The van der Waals surface area contributed by atoms with Crippen LogP contribution in [0, 0.1) is 0 Å². The third-order valence-corrected chi connectivity index (χ3v) is 13.4. The molecule has 1 aromatic rings. The average Bonchev–Trinajstić information content (AvgIpc) is 3.36. The second-order valence-corrected chi connectivity index (χ2v) is 20.0. The van der Waals surface area contributed by atoms with E-state index >= 15 is 0 Å². The van der Waals surface area contributed by atoms with Gasteiger partial charge in [-0.25, -0.2) is 14.4 Å². The number of rotatable bonds is 51. The molecule has 396 valence electrons. The topological polar surface area (TPSA) is 78.9 Å². The Hall–Kier alpha value is -3.15. The summed E-state index contributed by atoms with van der Waals surface area (Å²) < 4.78 is 17.0. The largest absolute Gasteiger partial charge is 0.462 e. The normalized spacial score (nSPS) is 11.7. The molecule has 0 unspecified atom stereocenters. The van der Waals surface area contributed by atoms with E-state index in [1.807, 2.05) is 0 Å². The van der Waals surface area contributed by atoms with Gasteiger partial charge in [-0.05, 0) is 115 Å². The van der Waals surface area contributed by atoms with Crippen LogP contribution < -0.4 is 0 Å². The summed E-state index contributed by atoms with van der Waals surface area (Å²) >= 11 is 0. The highest BCUT2D eigenvalue weighted by Gasteiger charge is 2.22. The lowest BCUT2D eigenvalue weighted by Gasteiger charge is -2.12. The maximum absolute atomic E-state index is 13.5. The number of hydrogen-bond acceptors (Lipinski definition) is 6. The molecule has 0 spiro atoms. The summed E-state index contributed by atoms with van der Waals surface area (Å²) in [6.45, 7) is 7.69. The van der Waals surface area contributed by atoms with Crippen molar-refractivity contribution in [1.29, 1.82) is 0 Å². The van der Waals surface area contributed by atoms with E-state index < -0.39 is 17.9 Å². The molecular weight excluding hydrogens is 853 g/mol. The van der Waals surface area contributed by atoms with E-state index in [9.17, 15) is 14.4 Å². The Balaban J connectivity index is 2.46. The maximum atomic E-state index is 13.5. The van der Waals surface area contributed by atoms with Gasteiger partial charge in [0, 0.05) is 0 Å². The van der Waals surface area contributed by atoms with Gasteiger partial charge in [0.05, 0.1) is 36.5 Å². The molecule has 0 bridgehead atoms. The fourth-order valence-corrected chi connectivity index (χ4v) is 8.80. The fourth-order valence-electron chi connectivity index (χ4n) is 8.80. The van der Waals surface area contributed by atoms with Crippen LogP contribution in [0.4, 0.5) is 0 Å². The lowest BCUT2D eigenvalue weighted by Crippen LogP contribution is -2.17. The molecule has 0 aromatic heterocycles. The molecule has 6 heteroatoms. The zero-order valence-corrected chi connectivity index (χ0v) is 45.5. The summed E-state index contributed by atoms with van der Waals surface area (Å²) in [7, 11) is 0. The Labute approximate surface area is 426 Å². The van der Waals surface area contributed by atoms with Crippen LogP contribution in [0.3, 0.4) is 0 Å². The van der Waals surface area contributed by atoms with Gasteiger partial charge in [-0.1, -0.05) is 231 Å². The van der Waals surface area contributed by atoms with Crippen molar-refractivity contribution >= 4 is 17.9 Å². The smallest absolute Gasteiger partial charge is 0.339 e. The highest BCUT2D eigenvalue weighted by Crippen LogP contribution is 2.19. The van der Waals surface area contributed by atoms with Crippen molar-refractivity contribution in [3.8, 4) is 0 Å². The van der Waals surface area contributed by atoms with Crippen molar-refractivity contribution in [1.82, 2.24) is 0 Å². The first-order valence-corrected chi connectivity index (χ1v) is 29.6. The quantitative estimate of drug-likeness (QED) is 0.0280. The van der Waals surface area contributed by atoms with Crippen LogP contribution in [0.1, 0.15) is 322 Å². The Morgan fingerprint density at radius 3 is 0.855 bits per heavy atom. The van der Waals surface area contributed by atoms with Gasteiger partial charge in [-0.15, -0.1) is 0 Å². The van der Waals surface area contributed by atoms with Crippen LogP contribution in [0.25, 0.3) is 0 Å². The number of unbranched alkanes of at least 4 members (excludes halogenated alkanes) is 36. The molecule has 6 nitrogen and oxygen atoms in total. The van der Waals surface area contributed by atoms with Crippen LogP contribution in [0.15, 0.2) is 54.7 Å². The molecule has 0 amide bonds. The van der Waals surface area contributed by atoms with E-state index in [-0.39, 0.29) is 23.3 Å². The number of hydrogen-bond donors (Lipinski definition) is 0. The second-order valence-electron chi connectivity index (χ2n) is 20.0. The number of benzene rings is 1. The summed E-state index contributed by atoms with van der Waals surface area (Å²) in [6, 6.07) is 4.55. The number of carbonyl (C=O) groups excluding carboxylic acids is 3. The molecule has 0 fully saturated rings. The predicted octanol–water partition coefficient (Wildman–Crippen LogP) is 20.3. The Kier molecular flexibility index (Phi) is 47.4. The molecule has 0 aliphatic rings. The maximum Gasteiger partial charge on any atom is 0.339 e. The number of allylic oxidation sites excluding steroid dienone is 6. The zero-order chi connectivity index (χ0) is 49.8. The van der Waals surface area contributed by atoms with E-state index in [2.05, 4.69) is 57.2 Å². The van der Waals surface area contributed by atoms with Crippen LogP contribution in [-0.4, -0.2) is 37.7 Å². The molecule has 0 aliphatic carbocycles. The first-order chi connectivity index (χ1) is 34.0. The molecule has 0 radical (unpaired) electrons. The van der Waals surface area contributed by atoms with Gasteiger partial charge in [0.15, 0.2) is 0 Å². The minimum Gasteiger partial charge on any atom is -0.462 e. The van der Waals surface area contributed by atoms with Crippen LogP contribution >= 0.6 is 0 Å². The molecule has 0 saturated heterocycles. The van der Waals surface area contributed by atoms with Crippen molar-refractivity contribution in [2.75, 3.05) is 19.8 Å². The predicted molar refractivity (Wildman–Crippen MR) is 296 cm³/mol.